The van der Waals surface area contributed by atoms with E-state index in [1.54, 1.807) is 11.0 Å². The summed E-state index contributed by atoms with van der Waals surface area (Å²) in [7, 11) is 0. The van der Waals surface area contributed by atoms with Gasteiger partial charge < -0.3 is 9.64 Å². The molecule has 0 unspecified atom stereocenters. The zero-order valence-corrected chi connectivity index (χ0v) is 19.7. The summed E-state index contributed by atoms with van der Waals surface area (Å²) >= 11 is 0. The van der Waals surface area contributed by atoms with Crippen molar-refractivity contribution in [1.82, 2.24) is 24.4 Å². The van der Waals surface area contributed by atoms with E-state index in [0.29, 0.717) is 48.2 Å². The molecule has 0 radical (unpaired) electrons. The number of rotatable bonds is 3. The molecule has 0 aromatic carbocycles. The number of piperidine rings is 1. The number of carbonyl (C=O) groups is 1. The van der Waals surface area contributed by atoms with Crippen LogP contribution in [-0.2, 0) is 17.5 Å². The van der Waals surface area contributed by atoms with Gasteiger partial charge in [0.1, 0.15) is 16.8 Å². The molecule has 3 aromatic rings. The molecule has 0 bridgehead atoms. The van der Waals surface area contributed by atoms with Crippen LogP contribution in [0.2, 0.25) is 0 Å². The lowest BCUT2D eigenvalue weighted by Crippen LogP contribution is -2.42. The average molecular weight is 489 g/mol. The third-order valence-corrected chi connectivity index (χ3v) is 5.79. The number of hydrogen-bond acceptors (Lipinski definition) is 6. The van der Waals surface area contributed by atoms with Crippen molar-refractivity contribution in [3.8, 4) is 0 Å². The highest BCUT2D eigenvalue weighted by Gasteiger charge is 2.32. The Kier molecular flexibility index (Phi) is 6.52. The second kappa shape index (κ2) is 9.27. The molecule has 186 valence electrons. The highest BCUT2D eigenvalue weighted by molar-refractivity contribution is 5.71. The number of alkyl halides is 3. The molecule has 0 aliphatic carbocycles. The highest BCUT2D eigenvalue weighted by Crippen LogP contribution is 2.29. The fourth-order valence-electron chi connectivity index (χ4n) is 4.12. The number of hydrogen-bond donors (Lipinski definition) is 0. The maximum absolute atomic E-state index is 13.5. The molecule has 1 saturated heterocycles. The van der Waals surface area contributed by atoms with Gasteiger partial charge in [-0.3, -0.25) is 19.3 Å². The molecule has 11 heteroatoms. The van der Waals surface area contributed by atoms with Crippen LogP contribution in [0.3, 0.4) is 0 Å². The summed E-state index contributed by atoms with van der Waals surface area (Å²) in [5.74, 6) is -0.107. The second-order valence-electron chi connectivity index (χ2n) is 9.55. The first-order valence-corrected chi connectivity index (χ1v) is 11.3. The van der Waals surface area contributed by atoms with Crippen LogP contribution >= 0.6 is 0 Å². The molecule has 1 fully saturated rings. The fourth-order valence-corrected chi connectivity index (χ4v) is 4.12. The Morgan fingerprint density at radius 3 is 2.37 bits per heavy atom. The molecule has 1 amide bonds. The normalized spacial score (nSPS) is 15.4. The summed E-state index contributed by atoms with van der Waals surface area (Å²) in [4.78, 5) is 39.6. The van der Waals surface area contributed by atoms with Crippen LogP contribution in [0.5, 0.6) is 0 Å². The van der Waals surface area contributed by atoms with Crippen LogP contribution in [0.15, 0.2) is 41.6 Å². The number of carbonyl (C=O) groups excluding carboxylic acids is 1. The predicted molar refractivity (Wildman–Crippen MR) is 122 cm³/mol. The SMILES string of the molecule is CC(C)(C)OC(=O)N1CCC(c2cc3nccnc3n(Cc3ccc(C(F)(F)F)nc3)c2=O)CC1. The van der Waals surface area contributed by atoms with Crippen molar-refractivity contribution in [2.75, 3.05) is 13.1 Å². The van der Waals surface area contributed by atoms with E-state index >= 15 is 0 Å². The van der Waals surface area contributed by atoms with Gasteiger partial charge in [-0.05, 0) is 57.2 Å². The van der Waals surface area contributed by atoms with Gasteiger partial charge in [-0.15, -0.1) is 0 Å². The van der Waals surface area contributed by atoms with Crippen molar-refractivity contribution in [2.24, 2.45) is 0 Å². The zero-order chi connectivity index (χ0) is 25.4. The van der Waals surface area contributed by atoms with Crippen molar-refractivity contribution in [2.45, 2.75) is 57.9 Å². The van der Waals surface area contributed by atoms with E-state index in [9.17, 15) is 22.8 Å². The van der Waals surface area contributed by atoms with Crippen LogP contribution in [0.25, 0.3) is 11.2 Å². The van der Waals surface area contributed by atoms with Gasteiger partial charge in [-0.25, -0.2) is 9.78 Å². The van der Waals surface area contributed by atoms with Crippen molar-refractivity contribution < 1.29 is 22.7 Å². The summed E-state index contributed by atoms with van der Waals surface area (Å²) in [6, 6.07) is 3.92. The van der Waals surface area contributed by atoms with Crippen LogP contribution in [-0.4, -0.2) is 49.2 Å². The van der Waals surface area contributed by atoms with Crippen molar-refractivity contribution in [1.29, 1.82) is 0 Å². The molecule has 4 rings (SSSR count). The molecule has 1 aliphatic heterocycles. The third kappa shape index (κ3) is 5.60. The molecule has 4 heterocycles. The lowest BCUT2D eigenvalue weighted by Gasteiger charge is -2.33. The van der Waals surface area contributed by atoms with E-state index in [1.165, 1.54) is 23.0 Å². The highest BCUT2D eigenvalue weighted by atomic mass is 19.4. The summed E-state index contributed by atoms with van der Waals surface area (Å²) in [6.07, 6.45) is 0.316. The average Bonchev–Trinajstić information content (AvgIpc) is 2.79. The van der Waals surface area contributed by atoms with E-state index in [-0.39, 0.29) is 24.1 Å². The van der Waals surface area contributed by atoms with Gasteiger partial charge in [0.15, 0.2) is 5.65 Å². The molecule has 35 heavy (non-hydrogen) atoms. The number of amides is 1. The van der Waals surface area contributed by atoms with E-state index in [4.69, 9.17) is 4.74 Å². The number of halogens is 3. The van der Waals surface area contributed by atoms with Crippen LogP contribution in [0.4, 0.5) is 18.0 Å². The van der Waals surface area contributed by atoms with Crippen molar-refractivity contribution in [3.63, 3.8) is 0 Å². The molecule has 0 saturated carbocycles. The van der Waals surface area contributed by atoms with Crippen LogP contribution in [0, 0.1) is 0 Å². The van der Waals surface area contributed by atoms with E-state index in [2.05, 4.69) is 15.0 Å². The minimum absolute atomic E-state index is 0.00373. The summed E-state index contributed by atoms with van der Waals surface area (Å²) in [5, 5.41) is 0. The zero-order valence-electron chi connectivity index (χ0n) is 19.7. The smallest absolute Gasteiger partial charge is 0.433 e. The number of nitrogens with zero attached hydrogens (tertiary/aromatic N) is 5. The Hall–Kier alpha value is -3.50. The Morgan fingerprint density at radius 1 is 1.09 bits per heavy atom. The lowest BCUT2D eigenvalue weighted by molar-refractivity contribution is -0.141. The molecule has 0 N–H and O–H groups in total. The molecule has 1 aliphatic rings. The summed E-state index contributed by atoms with van der Waals surface area (Å²) < 4.78 is 45.5. The van der Waals surface area contributed by atoms with Crippen molar-refractivity contribution in [3.05, 3.63) is 64.0 Å². The maximum Gasteiger partial charge on any atom is 0.433 e. The van der Waals surface area contributed by atoms with Gasteiger partial charge in [-0.2, -0.15) is 13.2 Å². The van der Waals surface area contributed by atoms with Gasteiger partial charge in [0.2, 0.25) is 0 Å². The van der Waals surface area contributed by atoms with E-state index in [1.807, 2.05) is 20.8 Å². The summed E-state index contributed by atoms with van der Waals surface area (Å²) in [5.41, 5.74) is -0.0434. The van der Waals surface area contributed by atoms with Gasteiger partial charge in [0.25, 0.3) is 5.56 Å². The third-order valence-electron chi connectivity index (χ3n) is 5.79. The second-order valence-corrected chi connectivity index (χ2v) is 9.55. The Bertz CT molecular complexity index is 1270. The fraction of sp³-hybridized carbons (Fsp3) is 0.458. The number of likely N-dealkylation sites (tertiary alicyclic amines) is 1. The van der Waals surface area contributed by atoms with Gasteiger partial charge >= 0.3 is 12.3 Å². The molecule has 8 nitrogen and oxygen atoms in total. The standard InChI is InChI=1S/C24H26F3N5O3/c1-23(2,3)35-22(34)31-10-6-16(7-11-31)17-12-18-20(29-9-8-28-18)32(21(17)33)14-15-4-5-19(30-13-15)24(25,26)27/h4-5,8-9,12-13,16H,6-7,10-11,14H2,1-3H3. The number of ether oxygens (including phenoxy) is 1. The molecule has 3 aromatic heterocycles. The first-order chi connectivity index (χ1) is 16.4. The summed E-state index contributed by atoms with van der Waals surface area (Å²) in [6.45, 7) is 6.32. The topological polar surface area (TPSA) is 90.2 Å². The minimum atomic E-state index is -4.54. The maximum atomic E-state index is 13.5. The molecule has 0 spiro atoms. The Labute approximate surface area is 199 Å². The quantitative estimate of drug-likeness (QED) is 0.543. The van der Waals surface area contributed by atoms with Crippen LogP contribution in [0.1, 0.15) is 56.4 Å². The molecule has 0 atom stereocenters. The largest absolute Gasteiger partial charge is 0.444 e. The lowest BCUT2D eigenvalue weighted by atomic mass is 9.90. The van der Waals surface area contributed by atoms with E-state index in [0.717, 1.165) is 12.3 Å². The first kappa shape index (κ1) is 24.6. The minimum Gasteiger partial charge on any atom is -0.444 e. The first-order valence-electron chi connectivity index (χ1n) is 11.3. The number of aromatic nitrogens is 4. The monoisotopic (exact) mass is 489 g/mol. The van der Waals surface area contributed by atoms with Gasteiger partial charge in [0, 0.05) is 37.2 Å². The van der Waals surface area contributed by atoms with Gasteiger partial charge in [-0.1, -0.05) is 6.07 Å². The number of pyridine rings is 2. The van der Waals surface area contributed by atoms with Gasteiger partial charge in [0.05, 0.1) is 6.54 Å². The number of fused-ring (bicyclic) bond motifs is 1. The van der Waals surface area contributed by atoms with Crippen LogP contribution < -0.4 is 5.56 Å². The Balaban J connectivity index is 1.61. The molecular formula is C24H26F3N5O3. The Morgan fingerprint density at radius 2 is 1.77 bits per heavy atom. The predicted octanol–water partition coefficient (Wildman–Crippen LogP) is 4.37. The van der Waals surface area contributed by atoms with Crippen molar-refractivity contribution >= 4 is 17.3 Å². The molecular weight excluding hydrogens is 463 g/mol. The van der Waals surface area contributed by atoms with E-state index < -0.39 is 17.5 Å².